The zero-order valence-corrected chi connectivity index (χ0v) is 10.4. The molecule has 0 atom stereocenters. The van der Waals surface area contributed by atoms with E-state index in [-0.39, 0.29) is 30.6 Å². The summed E-state index contributed by atoms with van der Waals surface area (Å²) in [5.41, 5.74) is 0.833. The van der Waals surface area contributed by atoms with Crippen LogP contribution < -0.4 is 14.8 Å². The number of imide groups is 1. The van der Waals surface area contributed by atoms with E-state index in [4.69, 9.17) is 9.47 Å². The van der Waals surface area contributed by atoms with E-state index in [0.29, 0.717) is 11.5 Å². The standard InChI is InChI=1S/C13H15NO4/c1-17-9-3-4-11(18-2)10(7-9)8-5-12(15)14-13(16)6-8/h3-4,7-8H,5-6H2,1-2H3,(H,14,15,16). The fraction of sp³-hybridized carbons (Fsp3) is 0.385. The first kappa shape index (κ1) is 12.4. The van der Waals surface area contributed by atoms with Gasteiger partial charge < -0.3 is 9.47 Å². The molecule has 2 rings (SSSR count). The van der Waals surface area contributed by atoms with Gasteiger partial charge in [0.15, 0.2) is 0 Å². The topological polar surface area (TPSA) is 64.6 Å². The Bertz CT molecular complexity index is 468. The van der Waals surface area contributed by atoms with Gasteiger partial charge in [0.1, 0.15) is 11.5 Å². The molecule has 0 aromatic heterocycles. The van der Waals surface area contributed by atoms with Crippen molar-refractivity contribution in [2.45, 2.75) is 18.8 Å². The van der Waals surface area contributed by atoms with Crippen LogP contribution in [0.4, 0.5) is 0 Å². The highest BCUT2D eigenvalue weighted by Gasteiger charge is 2.28. The van der Waals surface area contributed by atoms with E-state index in [0.717, 1.165) is 5.56 Å². The number of amides is 2. The van der Waals surface area contributed by atoms with Crippen LogP contribution in [0.2, 0.25) is 0 Å². The van der Waals surface area contributed by atoms with Crippen LogP contribution in [0.5, 0.6) is 11.5 Å². The summed E-state index contributed by atoms with van der Waals surface area (Å²) in [5.74, 6) is 0.700. The number of rotatable bonds is 3. The van der Waals surface area contributed by atoms with Gasteiger partial charge in [0.2, 0.25) is 11.8 Å². The summed E-state index contributed by atoms with van der Waals surface area (Å²) in [6.07, 6.45) is 0.574. The highest BCUT2D eigenvalue weighted by molar-refractivity contribution is 5.98. The van der Waals surface area contributed by atoms with E-state index in [9.17, 15) is 9.59 Å². The van der Waals surface area contributed by atoms with Gasteiger partial charge in [0, 0.05) is 24.3 Å². The Morgan fingerprint density at radius 2 is 1.78 bits per heavy atom. The van der Waals surface area contributed by atoms with E-state index < -0.39 is 0 Å². The first-order valence-electron chi connectivity index (χ1n) is 5.68. The quantitative estimate of drug-likeness (QED) is 0.818. The monoisotopic (exact) mass is 249 g/mol. The Balaban J connectivity index is 2.35. The molecule has 1 N–H and O–H groups in total. The van der Waals surface area contributed by atoms with Gasteiger partial charge in [-0.1, -0.05) is 0 Å². The zero-order valence-electron chi connectivity index (χ0n) is 10.4. The van der Waals surface area contributed by atoms with Crippen LogP contribution in [-0.2, 0) is 9.59 Å². The highest BCUT2D eigenvalue weighted by Crippen LogP contribution is 2.35. The van der Waals surface area contributed by atoms with Crippen molar-refractivity contribution in [3.8, 4) is 11.5 Å². The molecule has 18 heavy (non-hydrogen) atoms. The van der Waals surface area contributed by atoms with Crippen LogP contribution in [0.15, 0.2) is 18.2 Å². The minimum atomic E-state index is -0.249. The Morgan fingerprint density at radius 3 is 2.33 bits per heavy atom. The summed E-state index contributed by atoms with van der Waals surface area (Å²) in [6, 6.07) is 5.38. The molecule has 0 radical (unpaired) electrons. The SMILES string of the molecule is COc1ccc(OC)c(C2CC(=O)NC(=O)C2)c1. The first-order chi connectivity index (χ1) is 8.63. The van der Waals surface area contributed by atoms with Crippen molar-refractivity contribution in [3.05, 3.63) is 23.8 Å². The largest absolute Gasteiger partial charge is 0.497 e. The van der Waals surface area contributed by atoms with E-state index in [1.54, 1.807) is 26.4 Å². The van der Waals surface area contributed by atoms with Crippen LogP contribution in [0.25, 0.3) is 0 Å². The molecule has 0 spiro atoms. The Labute approximate surface area is 105 Å². The molecular formula is C13H15NO4. The van der Waals surface area contributed by atoms with Crippen molar-refractivity contribution in [1.82, 2.24) is 5.32 Å². The lowest BCUT2D eigenvalue weighted by atomic mass is 9.88. The maximum Gasteiger partial charge on any atom is 0.227 e. The second-order valence-electron chi connectivity index (χ2n) is 4.18. The second kappa shape index (κ2) is 5.08. The lowest BCUT2D eigenvalue weighted by Crippen LogP contribution is -2.37. The van der Waals surface area contributed by atoms with Crippen LogP contribution in [-0.4, -0.2) is 26.0 Å². The number of nitrogens with one attached hydrogen (secondary N) is 1. The molecule has 1 aromatic rings. The minimum absolute atomic E-state index is 0.156. The van der Waals surface area contributed by atoms with E-state index in [1.165, 1.54) is 0 Å². The maximum absolute atomic E-state index is 11.4. The fourth-order valence-electron chi connectivity index (χ4n) is 2.16. The minimum Gasteiger partial charge on any atom is -0.497 e. The van der Waals surface area contributed by atoms with Crippen molar-refractivity contribution in [1.29, 1.82) is 0 Å². The van der Waals surface area contributed by atoms with Gasteiger partial charge >= 0.3 is 0 Å². The smallest absolute Gasteiger partial charge is 0.227 e. The average Bonchev–Trinajstić information content (AvgIpc) is 2.36. The number of benzene rings is 1. The van der Waals surface area contributed by atoms with Crippen molar-refractivity contribution >= 4 is 11.8 Å². The van der Waals surface area contributed by atoms with Crippen LogP contribution in [0.1, 0.15) is 24.3 Å². The van der Waals surface area contributed by atoms with Crippen LogP contribution in [0, 0.1) is 0 Å². The summed E-state index contributed by atoms with van der Waals surface area (Å²) >= 11 is 0. The molecule has 5 heteroatoms. The Hall–Kier alpha value is -2.04. The van der Waals surface area contributed by atoms with Crippen molar-refractivity contribution < 1.29 is 19.1 Å². The molecule has 1 aliphatic heterocycles. The molecule has 0 unspecified atom stereocenters. The third-order valence-corrected chi connectivity index (χ3v) is 3.02. The van der Waals surface area contributed by atoms with Gasteiger partial charge in [-0.05, 0) is 18.2 Å². The van der Waals surface area contributed by atoms with Crippen LogP contribution >= 0.6 is 0 Å². The predicted octanol–water partition coefficient (Wildman–Crippen LogP) is 1.22. The molecule has 96 valence electrons. The number of hydrogen-bond donors (Lipinski definition) is 1. The summed E-state index contributed by atoms with van der Waals surface area (Å²) in [6.45, 7) is 0. The number of piperidine rings is 1. The summed E-state index contributed by atoms with van der Waals surface area (Å²) in [5, 5.41) is 2.30. The molecule has 1 fully saturated rings. The first-order valence-corrected chi connectivity index (χ1v) is 5.68. The molecule has 0 aliphatic carbocycles. The zero-order chi connectivity index (χ0) is 13.1. The summed E-state index contributed by atoms with van der Waals surface area (Å²) < 4.78 is 10.4. The van der Waals surface area contributed by atoms with Crippen molar-refractivity contribution in [3.63, 3.8) is 0 Å². The Morgan fingerprint density at radius 1 is 1.11 bits per heavy atom. The van der Waals surface area contributed by atoms with Gasteiger partial charge in [-0.25, -0.2) is 0 Å². The molecule has 1 aromatic carbocycles. The van der Waals surface area contributed by atoms with Crippen molar-refractivity contribution in [2.24, 2.45) is 0 Å². The van der Waals surface area contributed by atoms with Crippen molar-refractivity contribution in [2.75, 3.05) is 14.2 Å². The van der Waals surface area contributed by atoms with Gasteiger partial charge in [0.25, 0.3) is 0 Å². The van der Waals surface area contributed by atoms with Gasteiger partial charge in [-0.3, -0.25) is 14.9 Å². The summed E-state index contributed by atoms with van der Waals surface area (Å²) in [4.78, 5) is 22.8. The van der Waals surface area contributed by atoms with Gasteiger partial charge in [-0.2, -0.15) is 0 Å². The van der Waals surface area contributed by atoms with E-state index >= 15 is 0 Å². The second-order valence-corrected chi connectivity index (χ2v) is 4.18. The number of hydrogen-bond acceptors (Lipinski definition) is 4. The van der Waals surface area contributed by atoms with E-state index in [1.807, 2.05) is 6.07 Å². The third kappa shape index (κ3) is 2.45. The lowest BCUT2D eigenvalue weighted by Gasteiger charge is -2.23. The molecule has 1 heterocycles. The highest BCUT2D eigenvalue weighted by atomic mass is 16.5. The predicted molar refractivity (Wildman–Crippen MR) is 64.7 cm³/mol. The molecule has 0 bridgehead atoms. The molecule has 5 nitrogen and oxygen atoms in total. The van der Waals surface area contributed by atoms with Crippen LogP contribution in [0.3, 0.4) is 0 Å². The number of carbonyl (C=O) groups excluding carboxylic acids is 2. The molecule has 1 aliphatic rings. The van der Waals surface area contributed by atoms with Gasteiger partial charge in [0.05, 0.1) is 14.2 Å². The molecule has 2 amide bonds. The normalized spacial score (nSPS) is 16.3. The maximum atomic E-state index is 11.4. The number of methoxy groups -OCH3 is 2. The van der Waals surface area contributed by atoms with Gasteiger partial charge in [-0.15, -0.1) is 0 Å². The number of ether oxygens (including phenoxy) is 2. The van der Waals surface area contributed by atoms with E-state index in [2.05, 4.69) is 5.32 Å². The molecule has 0 saturated carbocycles. The fourth-order valence-corrected chi connectivity index (χ4v) is 2.16. The lowest BCUT2D eigenvalue weighted by molar-refractivity contribution is -0.133. The molecular weight excluding hydrogens is 234 g/mol. The summed E-state index contributed by atoms with van der Waals surface area (Å²) in [7, 11) is 3.14. The third-order valence-electron chi connectivity index (χ3n) is 3.02. The Kier molecular flexibility index (Phi) is 3.50. The number of carbonyl (C=O) groups is 2. The molecule has 1 saturated heterocycles. The average molecular weight is 249 g/mol.